The van der Waals surface area contributed by atoms with Crippen LogP contribution in [0.2, 0.25) is 0 Å². The van der Waals surface area contributed by atoms with Crippen LogP contribution in [0.4, 0.5) is 0 Å². The van der Waals surface area contributed by atoms with Crippen LogP contribution in [0.3, 0.4) is 0 Å². The average molecular weight is 325 g/mol. The molecule has 94 valence electrons. The number of thiophene rings is 1. The zero-order valence-electron chi connectivity index (χ0n) is 9.67. The second-order valence-electron chi connectivity index (χ2n) is 4.11. The van der Waals surface area contributed by atoms with E-state index in [0.717, 1.165) is 16.5 Å². The summed E-state index contributed by atoms with van der Waals surface area (Å²) in [6.07, 6.45) is 1.43. The van der Waals surface area contributed by atoms with E-state index in [1.807, 2.05) is 35.7 Å². The van der Waals surface area contributed by atoms with Crippen LogP contribution in [-0.2, 0) is 11.2 Å². The summed E-state index contributed by atoms with van der Waals surface area (Å²) >= 11 is 5.00. The van der Waals surface area contributed by atoms with Gasteiger partial charge in [-0.05, 0) is 52.9 Å². The Hall–Kier alpha value is -1.13. The van der Waals surface area contributed by atoms with Crippen LogP contribution in [0, 0.1) is 0 Å². The van der Waals surface area contributed by atoms with Crippen molar-refractivity contribution in [3.63, 3.8) is 0 Å². The van der Waals surface area contributed by atoms with Gasteiger partial charge in [-0.2, -0.15) is 11.3 Å². The van der Waals surface area contributed by atoms with E-state index in [0.29, 0.717) is 6.42 Å². The highest BCUT2D eigenvalue weighted by molar-refractivity contribution is 9.10. The molecule has 1 atom stereocenters. The summed E-state index contributed by atoms with van der Waals surface area (Å²) in [7, 11) is 0. The molecule has 1 unspecified atom stereocenters. The third-order valence-electron chi connectivity index (χ3n) is 2.87. The Bertz CT molecular complexity index is 505. The number of carboxylic acid groups (broad SMARTS) is 1. The summed E-state index contributed by atoms with van der Waals surface area (Å²) in [4.78, 5) is 11.3. The lowest BCUT2D eigenvalue weighted by Crippen LogP contribution is -2.12. The lowest BCUT2D eigenvalue weighted by atomic mass is 9.93. The number of rotatable bonds is 5. The van der Waals surface area contributed by atoms with Gasteiger partial charge in [0.05, 0.1) is 5.92 Å². The van der Waals surface area contributed by atoms with E-state index in [1.165, 1.54) is 5.56 Å². The van der Waals surface area contributed by atoms with Gasteiger partial charge < -0.3 is 5.11 Å². The van der Waals surface area contributed by atoms with E-state index < -0.39 is 11.9 Å². The van der Waals surface area contributed by atoms with Gasteiger partial charge in [0.2, 0.25) is 0 Å². The molecule has 0 aliphatic carbocycles. The second-order valence-corrected chi connectivity index (χ2v) is 5.81. The van der Waals surface area contributed by atoms with Crippen LogP contribution in [-0.4, -0.2) is 11.1 Å². The Labute approximate surface area is 118 Å². The van der Waals surface area contributed by atoms with Crippen molar-refractivity contribution in [2.75, 3.05) is 0 Å². The lowest BCUT2D eigenvalue weighted by molar-refractivity contribution is -0.138. The van der Waals surface area contributed by atoms with Crippen LogP contribution in [0.25, 0.3) is 0 Å². The zero-order chi connectivity index (χ0) is 13.0. The highest BCUT2D eigenvalue weighted by Gasteiger charge is 2.19. The molecule has 1 aromatic heterocycles. The molecular formula is C14H13BrO2S. The molecule has 2 nitrogen and oxygen atoms in total. The number of hydrogen-bond acceptors (Lipinski definition) is 2. The Morgan fingerprint density at radius 3 is 2.56 bits per heavy atom. The smallest absolute Gasteiger partial charge is 0.310 e. The Morgan fingerprint density at radius 1 is 1.28 bits per heavy atom. The van der Waals surface area contributed by atoms with Crippen molar-refractivity contribution >= 4 is 33.2 Å². The molecule has 1 N–H and O–H groups in total. The van der Waals surface area contributed by atoms with Crippen LogP contribution < -0.4 is 0 Å². The SMILES string of the molecule is O=C(O)C(CCc1ccsc1)c1ccc(Br)cc1. The normalized spacial score (nSPS) is 12.3. The van der Waals surface area contributed by atoms with Crippen molar-refractivity contribution in [2.24, 2.45) is 0 Å². The fraction of sp³-hybridized carbons (Fsp3) is 0.214. The van der Waals surface area contributed by atoms with Gasteiger partial charge in [-0.15, -0.1) is 0 Å². The van der Waals surface area contributed by atoms with E-state index >= 15 is 0 Å². The standard InChI is InChI=1S/C14H13BrO2S/c15-12-4-2-11(3-5-12)13(14(16)17)6-1-10-7-8-18-9-10/h2-5,7-9,13H,1,6H2,(H,16,17). The number of aryl methyl sites for hydroxylation is 1. The van der Waals surface area contributed by atoms with E-state index in [-0.39, 0.29) is 0 Å². The molecule has 0 amide bonds. The molecule has 0 radical (unpaired) electrons. The second kappa shape index (κ2) is 6.16. The van der Waals surface area contributed by atoms with Gasteiger partial charge in [0, 0.05) is 4.47 Å². The molecule has 2 aromatic rings. The molecule has 1 heterocycles. The zero-order valence-corrected chi connectivity index (χ0v) is 12.1. The fourth-order valence-electron chi connectivity index (χ4n) is 1.87. The third-order valence-corrected chi connectivity index (χ3v) is 4.13. The van der Waals surface area contributed by atoms with Gasteiger partial charge in [0.15, 0.2) is 0 Å². The third kappa shape index (κ3) is 3.43. The van der Waals surface area contributed by atoms with Gasteiger partial charge in [-0.1, -0.05) is 28.1 Å². The molecule has 18 heavy (non-hydrogen) atoms. The first-order valence-electron chi connectivity index (χ1n) is 5.66. The van der Waals surface area contributed by atoms with Gasteiger partial charge in [-0.25, -0.2) is 0 Å². The van der Waals surface area contributed by atoms with E-state index in [4.69, 9.17) is 0 Å². The highest BCUT2D eigenvalue weighted by Crippen LogP contribution is 2.24. The maximum Gasteiger partial charge on any atom is 0.310 e. The summed E-state index contributed by atoms with van der Waals surface area (Å²) < 4.78 is 0.966. The Balaban J connectivity index is 2.08. The summed E-state index contributed by atoms with van der Waals surface area (Å²) in [5, 5.41) is 13.4. The molecule has 0 aliphatic heterocycles. The highest BCUT2D eigenvalue weighted by atomic mass is 79.9. The largest absolute Gasteiger partial charge is 0.481 e. The minimum atomic E-state index is -0.757. The van der Waals surface area contributed by atoms with E-state index in [2.05, 4.69) is 21.3 Å². The van der Waals surface area contributed by atoms with Crippen LogP contribution >= 0.6 is 27.3 Å². The van der Waals surface area contributed by atoms with Crippen LogP contribution in [0.15, 0.2) is 45.6 Å². The predicted molar refractivity (Wildman–Crippen MR) is 77.2 cm³/mol. The van der Waals surface area contributed by atoms with E-state index in [9.17, 15) is 9.90 Å². The number of aliphatic carboxylic acids is 1. The predicted octanol–water partition coefficient (Wildman–Crippen LogP) is 4.31. The van der Waals surface area contributed by atoms with Crippen molar-refractivity contribution < 1.29 is 9.90 Å². The summed E-state index contributed by atoms with van der Waals surface area (Å²) in [5.41, 5.74) is 2.07. The molecule has 4 heteroatoms. The quantitative estimate of drug-likeness (QED) is 0.889. The fourth-order valence-corrected chi connectivity index (χ4v) is 2.84. The van der Waals surface area contributed by atoms with Crippen molar-refractivity contribution in [2.45, 2.75) is 18.8 Å². The van der Waals surface area contributed by atoms with E-state index in [1.54, 1.807) is 11.3 Å². The molecule has 0 aliphatic rings. The van der Waals surface area contributed by atoms with Gasteiger partial charge >= 0.3 is 5.97 Å². The summed E-state index contributed by atoms with van der Waals surface area (Å²) in [6.45, 7) is 0. The maximum absolute atomic E-state index is 11.3. The van der Waals surface area contributed by atoms with Gasteiger partial charge in [0.25, 0.3) is 0 Å². The number of benzene rings is 1. The first-order chi connectivity index (χ1) is 8.66. The molecule has 0 fully saturated rings. The van der Waals surface area contributed by atoms with Crippen molar-refractivity contribution in [3.8, 4) is 0 Å². The van der Waals surface area contributed by atoms with Gasteiger partial charge in [0.1, 0.15) is 0 Å². The topological polar surface area (TPSA) is 37.3 Å². The Kier molecular flexibility index (Phi) is 4.55. The Morgan fingerprint density at radius 2 is 2.00 bits per heavy atom. The van der Waals surface area contributed by atoms with Crippen molar-refractivity contribution in [1.82, 2.24) is 0 Å². The first kappa shape index (κ1) is 13.3. The molecule has 0 saturated heterocycles. The average Bonchev–Trinajstić information content (AvgIpc) is 2.84. The maximum atomic E-state index is 11.3. The van der Waals surface area contributed by atoms with Crippen LogP contribution in [0.1, 0.15) is 23.5 Å². The first-order valence-corrected chi connectivity index (χ1v) is 7.40. The minimum absolute atomic E-state index is 0.432. The molecule has 1 aromatic carbocycles. The number of hydrogen-bond donors (Lipinski definition) is 1. The number of carboxylic acids is 1. The van der Waals surface area contributed by atoms with Crippen LogP contribution in [0.5, 0.6) is 0 Å². The number of halogens is 1. The summed E-state index contributed by atoms with van der Waals surface area (Å²) in [5.74, 6) is -1.19. The van der Waals surface area contributed by atoms with Crippen molar-refractivity contribution in [1.29, 1.82) is 0 Å². The molecule has 0 bridgehead atoms. The summed E-state index contributed by atoms with van der Waals surface area (Å²) in [6, 6.07) is 9.56. The lowest BCUT2D eigenvalue weighted by Gasteiger charge is -2.12. The van der Waals surface area contributed by atoms with Gasteiger partial charge in [-0.3, -0.25) is 4.79 Å². The minimum Gasteiger partial charge on any atom is -0.481 e. The number of carbonyl (C=O) groups is 1. The van der Waals surface area contributed by atoms with Crippen molar-refractivity contribution in [3.05, 3.63) is 56.7 Å². The molecular weight excluding hydrogens is 312 g/mol. The monoisotopic (exact) mass is 324 g/mol. The molecule has 0 saturated carbocycles. The molecule has 2 rings (SSSR count). The molecule has 0 spiro atoms.